The zero-order valence-corrected chi connectivity index (χ0v) is 13.9. The first-order valence-corrected chi connectivity index (χ1v) is 8.99. The molecule has 0 N–H and O–H groups in total. The molecule has 120 valence electrons. The number of piperidine rings is 1. The van der Waals surface area contributed by atoms with Gasteiger partial charge in [-0.15, -0.1) is 11.3 Å². The number of carbonyl (C=O) groups is 1. The van der Waals surface area contributed by atoms with Gasteiger partial charge >= 0.3 is 0 Å². The van der Waals surface area contributed by atoms with Crippen molar-refractivity contribution in [1.82, 2.24) is 9.88 Å². The van der Waals surface area contributed by atoms with Crippen molar-refractivity contribution in [3.63, 3.8) is 0 Å². The smallest absolute Gasteiger partial charge is 0.266 e. The van der Waals surface area contributed by atoms with Gasteiger partial charge in [0, 0.05) is 12.1 Å². The van der Waals surface area contributed by atoms with Crippen molar-refractivity contribution in [2.45, 2.75) is 50.6 Å². The molecule has 1 aromatic carbocycles. The number of rotatable bonds is 2. The number of nitrogens with zero attached hydrogens (tertiary/aromatic N) is 2. The van der Waals surface area contributed by atoms with E-state index in [1.807, 2.05) is 19.1 Å². The number of benzene rings is 1. The van der Waals surface area contributed by atoms with Crippen LogP contribution in [0.4, 0.5) is 4.39 Å². The van der Waals surface area contributed by atoms with Crippen molar-refractivity contribution in [1.29, 1.82) is 0 Å². The summed E-state index contributed by atoms with van der Waals surface area (Å²) in [5.74, 6) is 0.389. The summed E-state index contributed by atoms with van der Waals surface area (Å²) in [5, 5.41) is 0. The van der Waals surface area contributed by atoms with E-state index in [0.717, 1.165) is 36.3 Å². The van der Waals surface area contributed by atoms with E-state index < -0.39 is 0 Å². The summed E-state index contributed by atoms with van der Waals surface area (Å²) in [6.07, 6.45) is 4.11. The lowest BCUT2D eigenvalue weighted by Crippen LogP contribution is -2.46. The molecule has 0 aliphatic carbocycles. The Kier molecular flexibility index (Phi) is 3.68. The maximum absolute atomic E-state index is 13.1. The van der Waals surface area contributed by atoms with Crippen LogP contribution in [0, 0.1) is 12.7 Å². The molecule has 1 amide bonds. The van der Waals surface area contributed by atoms with E-state index in [-0.39, 0.29) is 11.7 Å². The van der Waals surface area contributed by atoms with Gasteiger partial charge in [-0.2, -0.15) is 0 Å². The zero-order valence-electron chi connectivity index (χ0n) is 13.0. The summed E-state index contributed by atoms with van der Waals surface area (Å²) >= 11 is 1.44. The Bertz CT molecular complexity index is 713. The minimum atomic E-state index is -0.190. The summed E-state index contributed by atoms with van der Waals surface area (Å²) in [6, 6.07) is 7.47. The van der Waals surface area contributed by atoms with Crippen molar-refractivity contribution >= 4 is 17.2 Å². The SMILES string of the molecule is Cc1ncsc1C(=O)N1[C@@H]2CC[C@H]1C[C@@H](c1ccc(F)cc1)C2. The predicted octanol–water partition coefficient (Wildman–Crippen LogP) is 4.14. The Morgan fingerprint density at radius 3 is 2.43 bits per heavy atom. The Balaban J connectivity index is 1.55. The first-order chi connectivity index (χ1) is 11.1. The third-order valence-electron chi connectivity index (χ3n) is 5.25. The molecule has 2 bridgehead atoms. The molecule has 4 rings (SSSR count). The Morgan fingerprint density at radius 1 is 1.22 bits per heavy atom. The van der Waals surface area contributed by atoms with Crippen molar-refractivity contribution in [3.8, 4) is 0 Å². The number of fused-ring (bicyclic) bond motifs is 2. The quantitative estimate of drug-likeness (QED) is 0.829. The summed E-state index contributed by atoms with van der Waals surface area (Å²) in [7, 11) is 0. The maximum Gasteiger partial charge on any atom is 0.266 e. The van der Waals surface area contributed by atoms with Crippen LogP contribution in [0.2, 0.25) is 0 Å². The first kappa shape index (κ1) is 14.8. The number of hydrogen-bond donors (Lipinski definition) is 0. The molecule has 23 heavy (non-hydrogen) atoms. The number of aromatic nitrogens is 1. The Labute approximate surface area is 139 Å². The lowest BCUT2D eigenvalue weighted by atomic mass is 9.85. The summed E-state index contributed by atoms with van der Waals surface area (Å²) in [4.78, 5) is 20.0. The second kappa shape index (κ2) is 5.71. The summed E-state index contributed by atoms with van der Waals surface area (Å²) in [6.45, 7) is 1.90. The van der Waals surface area contributed by atoms with E-state index in [2.05, 4.69) is 9.88 Å². The highest BCUT2D eigenvalue weighted by atomic mass is 32.1. The van der Waals surface area contributed by atoms with Crippen LogP contribution in [0.1, 0.15) is 52.5 Å². The molecule has 1 aromatic heterocycles. The van der Waals surface area contributed by atoms with E-state index in [9.17, 15) is 9.18 Å². The van der Waals surface area contributed by atoms with Gasteiger partial charge in [0.2, 0.25) is 0 Å². The fraction of sp³-hybridized carbons (Fsp3) is 0.444. The highest BCUT2D eigenvalue weighted by Crippen LogP contribution is 2.44. The number of hydrogen-bond acceptors (Lipinski definition) is 3. The molecule has 0 radical (unpaired) electrons. The minimum absolute atomic E-state index is 0.148. The van der Waals surface area contributed by atoms with Crippen LogP contribution in [-0.2, 0) is 0 Å². The van der Waals surface area contributed by atoms with Gasteiger partial charge in [-0.25, -0.2) is 9.37 Å². The molecule has 2 aliphatic rings. The highest BCUT2D eigenvalue weighted by molar-refractivity contribution is 7.11. The maximum atomic E-state index is 13.1. The van der Waals surface area contributed by atoms with Crippen molar-refractivity contribution in [2.75, 3.05) is 0 Å². The molecule has 3 nitrogen and oxygen atoms in total. The second-order valence-corrected chi connectivity index (χ2v) is 7.44. The zero-order chi connectivity index (χ0) is 16.0. The molecule has 0 unspecified atom stereocenters. The molecule has 0 spiro atoms. The summed E-state index contributed by atoms with van der Waals surface area (Å²) < 4.78 is 13.1. The van der Waals surface area contributed by atoms with Gasteiger partial charge in [0.05, 0.1) is 11.2 Å². The fourth-order valence-corrected chi connectivity index (χ4v) is 4.89. The lowest BCUT2D eigenvalue weighted by molar-refractivity contribution is 0.0575. The number of aryl methyl sites for hydroxylation is 1. The largest absolute Gasteiger partial charge is 0.332 e. The number of amides is 1. The van der Waals surface area contributed by atoms with Crippen LogP contribution in [0.25, 0.3) is 0 Å². The number of halogens is 1. The third kappa shape index (κ3) is 2.57. The van der Waals surface area contributed by atoms with Crippen LogP contribution in [0.5, 0.6) is 0 Å². The lowest BCUT2D eigenvalue weighted by Gasteiger charge is -2.39. The average Bonchev–Trinajstić information content (AvgIpc) is 3.08. The molecule has 3 heterocycles. The molecule has 2 aromatic rings. The van der Waals surface area contributed by atoms with Gasteiger partial charge in [0.25, 0.3) is 5.91 Å². The van der Waals surface area contributed by atoms with Crippen LogP contribution < -0.4 is 0 Å². The minimum Gasteiger partial charge on any atom is -0.332 e. The topological polar surface area (TPSA) is 33.2 Å². The van der Waals surface area contributed by atoms with Crippen LogP contribution in [0.3, 0.4) is 0 Å². The fourth-order valence-electron chi connectivity index (χ4n) is 4.14. The van der Waals surface area contributed by atoms with Gasteiger partial charge in [0.15, 0.2) is 0 Å². The van der Waals surface area contributed by atoms with Crippen LogP contribution in [0.15, 0.2) is 29.8 Å². The molecule has 0 saturated carbocycles. The van der Waals surface area contributed by atoms with E-state index in [1.165, 1.54) is 29.0 Å². The monoisotopic (exact) mass is 330 g/mol. The van der Waals surface area contributed by atoms with E-state index in [0.29, 0.717) is 18.0 Å². The molecule has 2 aliphatic heterocycles. The normalized spacial score (nSPS) is 26.5. The van der Waals surface area contributed by atoms with Crippen molar-refractivity contribution in [2.24, 2.45) is 0 Å². The Hall–Kier alpha value is -1.75. The average molecular weight is 330 g/mol. The third-order valence-corrected chi connectivity index (χ3v) is 6.17. The van der Waals surface area contributed by atoms with Gasteiger partial charge in [-0.3, -0.25) is 4.79 Å². The van der Waals surface area contributed by atoms with E-state index in [1.54, 1.807) is 5.51 Å². The van der Waals surface area contributed by atoms with E-state index in [4.69, 9.17) is 0 Å². The Morgan fingerprint density at radius 2 is 1.87 bits per heavy atom. The van der Waals surface area contributed by atoms with Crippen LogP contribution >= 0.6 is 11.3 Å². The van der Waals surface area contributed by atoms with Gasteiger partial charge in [-0.1, -0.05) is 12.1 Å². The number of thiazole rings is 1. The van der Waals surface area contributed by atoms with Gasteiger partial charge in [-0.05, 0) is 56.2 Å². The van der Waals surface area contributed by atoms with Crippen molar-refractivity contribution < 1.29 is 9.18 Å². The van der Waals surface area contributed by atoms with Crippen molar-refractivity contribution in [3.05, 3.63) is 51.7 Å². The molecule has 3 atom stereocenters. The molecular weight excluding hydrogens is 311 g/mol. The molecule has 2 saturated heterocycles. The van der Waals surface area contributed by atoms with E-state index >= 15 is 0 Å². The summed E-state index contributed by atoms with van der Waals surface area (Å²) in [5.41, 5.74) is 3.78. The highest BCUT2D eigenvalue weighted by Gasteiger charge is 2.44. The predicted molar refractivity (Wildman–Crippen MR) is 88.2 cm³/mol. The standard InChI is InChI=1S/C18H19FN2OS/c1-11-17(23-10-20-11)18(22)21-15-6-7-16(21)9-13(8-15)12-2-4-14(19)5-3-12/h2-5,10,13,15-16H,6-9H2,1H3/t13-,15+,16-. The number of carbonyl (C=O) groups excluding carboxylic acids is 1. The molecular formula is C18H19FN2OS. The van der Waals surface area contributed by atoms with Gasteiger partial charge in [0.1, 0.15) is 10.7 Å². The second-order valence-electron chi connectivity index (χ2n) is 6.58. The first-order valence-electron chi connectivity index (χ1n) is 8.11. The molecule has 5 heteroatoms. The van der Waals surface area contributed by atoms with Gasteiger partial charge < -0.3 is 4.90 Å². The molecule has 2 fully saturated rings. The van der Waals surface area contributed by atoms with Crippen LogP contribution in [-0.4, -0.2) is 27.9 Å².